The highest BCUT2D eigenvalue weighted by Gasteiger charge is 2.21. The molecule has 1 aliphatic heterocycles. The van der Waals surface area contributed by atoms with E-state index in [1.165, 1.54) is 6.07 Å². The van der Waals surface area contributed by atoms with Gasteiger partial charge in [0.2, 0.25) is 0 Å². The lowest BCUT2D eigenvalue weighted by atomic mass is 10.1. The van der Waals surface area contributed by atoms with Gasteiger partial charge in [0.15, 0.2) is 0 Å². The van der Waals surface area contributed by atoms with E-state index in [2.05, 4.69) is 10.2 Å². The van der Waals surface area contributed by atoms with Crippen molar-refractivity contribution < 1.29 is 13.6 Å². The Labute approximate surface area is 141 Å². The van der Waals surface area contributed by atoms with Gasteiger partial charge in [-0.05, 0) is 30.2 Å². The minimum Gasteiger partial charge on any atom is -0.467 e. The van der Waals surface area contributed by atoms with Crippen LogP contribution in [0.1, 0.15) is 11.3 Å². The molecule has 2 aromatic rings. The van der Waals surface area contributed by atoms with Crippen molar-refractivity contribution in [1.82, 2.24) is 15.1 Å². The van der Waals surface area contributed by atoms with Crippen LogP contribution in [-0.2, 0) is 13.0 Å². The Morgan fingerprint density at radius 1 is 1.12 bits per heavy atom. The lowest BCUT2D eigenvalue weighted by molar-refractivity contribution is 0.139. The second-order valence-electron chi connectivity index (χ2n) is 5.91. The normalized spacial score (nSPS) is 15.5. The van der Waals surface area contributed by atoms with Crippen LogP contribution < -0.4 is 5.32 Å². The molecule has 3 rings (SSSR count). The molecular formula is C18H22FN3O2. The summed E-state index contributed by atoms with van der Waals surface area (Å²) >= 11 is 0. The first-order chi connectivity index (χ1) is 11.7. The van der Waals surface area contributed by atoms with Crippen LogP contribution in [0.2, 0.25) is 0 Å². The first-order valence-electron chi connectivity index (χ1n) is 8.23. The van der Waals surface area contributed by atoms with E-state index in [1.807, 2.05) is 23.1 Å². The number of nitrogens with zero attached hydrogens (tertiary/aromatic N) is 2. The summed E-state index contributed by atoms with van der Waals surface area (Å²) in [5.41, 5.74) is 0.746. The molecule has 0 aliphatic carbocycles. The Balaban J connectivity index is 1.39. The Hall–Kier alpha value is -2.34. The Morgan fingerprint density at radius 3 is 2.62 bits per heavy atom. The Bertz CT molecular complexity index is 652. The van der Waals surface area contributed by atoms with Gasteiger partial charge in [0.05, 0.1) is 12.8 Å². The fourth-order valence-electron chi connectivity index (χ4n) is 2.84. The minimum absolute atomic E-state index is 0.0693. The molecule has 0 bridgehead atoms. The molecule has 1 aromatic heterocycles. The van der Waals surface area contributed by atoms with Crippen LogP contribution in [0.5, 0.6) is 0 Å². The summed E-state index contributed by atoms with van der Waals surface area (Å²) in [5, 5.41) is 2.86. The number of hydrogen-bond acceptors (Lipinski definition) is 3. The molecule has 128 valence electrons. The summed E-state index contributed by atoms with van der Waals surface area (Å²) in [5.74, 6) is 0.598. The molecule has 2 amide bonds. The highest BCUT2D eigenvalue weighted by molar-refractivity contribution is 5.74. The Kier molecular flexibility index (Phi) is 5.48. The molecule has 1 aromatic carbocycles. The second kappa shape index (κ2) is 7.97. The standard InChI is InChI=1S/C18H22FN3O2/c19-17-6-2-1-4-15(17)7-8-21-9-11-22(12-10-21)18(23)20-14-16-5-3-13-24-16/h1-6,13H,7-12,14H2,(H,20,23). The van der Waals surface area contributed by atoms with Crippen molar-refractivity contribution in [1.29, 1.82) is 0 Å². The molecule has 6 heteroatoms. The van der Waals surface area contributed by atoms with Crippen LogP contribution >= 0.6 is 0 Å². The third-order valence-corrected chi connectivity index (χ3v) is 4.31. The van der Waals surface area contributed by atoms with Crippen LogP contribution in [0.15, 0.2) is 47.1 Å². The molecule has 0 atom stereocenters. The largest absolute Gasteiger partial charge is 0.467 e. The van der Waals surface area contributed by atoms with E-state index in [9.17, 15) is 9.18 Å². The number of amides is 2. The van der Waals surface area contributed by atoms with Crippen LogP contribution in [-0.4, -0.2) is 48.6 Å². The van der Waals surface area contributed by atoms with Gasteiger partial charge in [0.25, 0.3) is 0 Å². The third kappa shape index (κ3) is 4.35. The average Bonchev–Trinajstić information content (AvgIpc) is 3.13. The maximum atomic E-state index is 13.6. The highest BCUT2D eigenvalue weighted by Crippen LogP contribution is 2.09. The number of benzene rings is 1. The number of urea groups is 1. The van der Waals surface area contributed by atoms with Gasteiger partial charge in [-0.2, -0.15) is 0 Å². The lowest BCUT2D eigenvalue weighted by Crippen LogP contribution is -2.51. The number of piperazine rings is 1. The van der Waals surface area contributed by atoms with E-state index in [4.69, 9.17) is 4.42 Å². The van der Waals surface area contributed by atoms with E-state index in [-0.39, 0.29) is 11.8 Å². The van der Waals surface area contributed by atoms with Crippen LogP contribution in [0.4, 0.5) is 9.18 Å². The summed E-state index contributed by atoms with van der Waals surface area (Å²) in [6.07, 6.45) is 2.28. The van der Waals surface area contributed by atoms with E-state index in [0.29, 0.717) is 26.1 Å². The first kappa shape index (κ1) is 16.5. The van der Waals surface area contributed by atoms with Gasteiger partial charge in [0, 0.05) is 32.7 Å². The zero-order valence-electron chi connectivity index (χ0n) is 13.6. The average molecular weight is 331 g/mol. The van der Waals surface area contributed by atoms with Crippen molar-refractivity contribution in [3.63, 3.8) is 0 Å². The maximum Gasteiger partial charge on any atom is 0.317 e. The second-order valence-corrected chi connectivity index (χ2v) is 5.91. The number of carbonyl (C=O) groups is 1. The zero-order chi connectivity index (χ0) is 16.8. The molecule has 0 spiro atoms. The number of nitrogens with one attached hydrogen (secondary N) is 1. The number of carbonyl (C=O) groups excluding carboxylic acids is 1. The molecule has 1 aliphatic rings. The summed E-state index contributed by atoms with van der Waals surface area (Å²) in [7, 11) is 0. The molecule has 1 fully saturated rings. The third-order valence-electron chi connectivity index (χ3n) is 4.31. The maximum absolute atomic E-state index is 13.6. The molecule has 0 radical (unpaired) electrons. The number of furan rings is 1. The van der Waals surface area contributed by atoms with Gasteiger partial charge in [-0.15, -0.1) is 0 Å². The predicted molar refractivity (Wildman–Crippen MR) is 89.1 cm³/mol. The van der Waals surface area contributed by atoms with Gasteiger partial charge in [-0.1, -0.05) is 18.2 Å². The quantitative estimate of drug-likeness (QED) is 0.916. The molecule has 0 unspecified atom stereocenters. The van der Waals surface area contributed by atoms with Crippen LogP contribution in [0.3, 0.4) is 0 Å². The van der Waals surface area contributed by atoms with Crippen molar-refractivity contribution in [3.05, 3.63) is 59.8 Å². The number of halogens is 1. The predicted octanol–water partition coefficient (Wildman–Crippen LogP) is 2.49. The fourth-order valence-corrected chi connectivity index (χ4v) is 2.84. The van der Waals surface area contributed by atoms with Crippen LogP contribution in [0.25, 0.3) is 0 Å². The summed E-state index contributed by atoms with van der Waals surface area (Å²) in [6.45, 7) is 4.19. The molecule has 1 saturated heterocycles. The van der Waals surface area contributed by atoms with Crippen molar-refractivity contribution >= 4 is 6.03 Å². The number of rotatable bonds is 5. The minimum atomic E-state index is -0.145. The summed E-state index contributed by atoms with van der Waals surface area (Å²) in [4.78, 5) is 16.2. The van der Waals surface area contributed by atoms with Crippen molar-refractivity contribution in [2.24, 2.45) is 0 Å². The van der Waals surface area contributed by atoms with E-state index in [0.717, 1.165) is 31.0 Å². The molecule has 24 heavy (non-hydrogen) atoms. The fraction of sp³-hybridized carbons (Fsp3) is 0.389. The van der Waals surface area contributed by atoms with Crippen molar-refractivity contribution in [2.75, 3.05) is 32.7 Å². The van der Waals surface area contributed by atoms with Gasteiger partial charge >= 0.3 is 6.03 Å². The van der Waals surface area contributed by atoms with Gasteiger partial charge in [-0.25, -0.2) is 9.18 Å². The zero-order valence-corrected chi connectivity index (χ0v) is 13.6. The topological polar surface area (TPSA) is 48.7 Å². The van der Waals surface area contributed by atoms with Gasteiger partial charge < -0.3 is 14.6 Å². The monoisotopic (exact) mass is 331 g/mol. The smallest absolute Gasteiger partial charge is 0.317 e. The van der Waals surface area contributed by atoms with Gasteiger partial charge in [-0.3, -0.25) is 4.90 Å². The Morgan fingerprint density at radius 2 is 1.92 bits per heavy atom. The van der Waals surface area contributed by atoms with Gasteiger partial charge in [0.1, 0.15) is 11.6 Å². The molecule has 5 nitrogen and oxygen atoms in total. The van der Waals surface area contributed by atoms with E-state index >= 15 is 0 Å². The molecule has 1 N–H and O–H groups in total. The number of hydrogen-bond donors (Lipinski definition) is 1. The highest BCUT2D eigenvalue weighted by atomic mass is 19.1. The SMILES string of the molecule is O=C(NCc1ccco1)N1CCN(CCc2ccccc2F)CC1. The van der Waals surface area contributed by atoms with E-state index in [1.54, 1.807) is 18.4 Å². The summed E-state index contributed by atoms with van der Waals surface area (Å²) in [6, 6.07) is 10.5. The first-order valence-corrected chi connectivity index (χ1v) is 8.23. The summed E-state index contributed by atoms with van der Waals surface area (Å²) < 4.78 is 18.8. The molecule has 0 saturated carbocycles. The molecular weight excluding hydrogens is 309 g/mol. The van der Waals surface area contributed by atoms with Crippen molar-refractivity contribution in [2.45, 2.75) is 13.0 Å². The van der Waals surface area contributed by atoms with Crippen molar-refractivity contribution in [3.8, 4) is 0 Å². The molecule has 2 heterocycles. The lowest BCUT2D eigenvalue weighted by Gasteiger charge is -2.34. The van der Waals surface area contributed by atoms with Crippen LogP contribution in [0, 0.1) is 5.82 Å². The van der Waals surface area contributed by atoms with E-state index < -0.39 is 0 Å².